The van der Waals surface area contributed by atoms with Gasteiger partial charge in [0, 0.05) is 19.2 Å². The molecule has 0 radical (unpaired) electrons. The van der Waals surface area contributed by atoms with E-state index in [4.69, 9.17) is 9.47 Å². The van der Waals surface area contributed by atoms with Crippen LogP contribution < -0.4 is 10.1 Å². The van der Waals surface area contributed by atoms with Crippen LogP contribution in [0, 0.1) is 5.82 Å². The molecule has 0 amide bonds. The third kappa shape index (κ3) is 2.12. The highest BCUT2D eigenvalue weighted by atomic mass is 19.1. The largest absolute Gasteiger partial charge is 0.470 e. The van der Waals surface area contributed by atoms with Crippen LogP contribution in [0.15, 0.2) is 18.3 Å². The predicted molar refractivity (Wildman–Crippen MR) is 59.4 cm³/mol. The summed E-state index contributed by atoms with van der Waals surface area (Å²) < 4.78 is 24.7. The lowest BCUT2D eigenvalue weighted by Crippen LogP contribution is -2.31. The van der Waals surface area contributed by atoms with E-state index >= 15 is 0 Å². The van der Waals surface area contributed by atoms with Crippen molar-refractivity contribution in [1.82, 2.24) is 10.3 Å². The van der Waals surface area contributed by atoms with Gasteiger partial charge in [-0.1, -0.05) is 0 Å². The summed E-state index contributed by atoms with van der Waals surface area (Å²) in [6.45, 7) is 2.35. The molecular weight excluding hydrogens is 223 g/mol. The number of hydrogen-bond donors (Lipinski definition) is 1. The van der Waals surface area contributed by atoms with Crippen LogP contribution in [0.1, 0.15) is 12.8 Å². The number of hydrogen-bond acceptors (Lipinski definition) is 4. The summed E-state index contributed by atoms with van der Waals surface area (Å²) in [4.78, 5) is 3.89. The van der Waals surface area contributed by atoms with Crippen molar-refractivity contribution in [2.75, 3.05) is 19.7 Å². The van der Waals surface area contributed by atoms with Crippen molar-refractivity contribution in [3.8, 4) is 5.88 Å². The molecule has 0 saturated carbocycles. The summed E-state index contributed by atoms with van der Waals surface area (Å²) in [5.74, 6) is -0.345. The monoisotopic (exact) mass is 238 g/mol. The van der Waals surface area contributed by atoms with E-state index < -0.39 is 5.82 Å². The van der Waals surface area contributed by atoms with Gasteiger partial charge in [-0.3, -0.25) is 0 Å². The SMILES string of the molecule is Fc1cccnc1O[C@@H]1CO[C@@]2(CCNC2)C1. The molecule has 3 heterocycles. The molecule has 2 aliphatic rings. The minimum absolute atomic E-state index is 0.0732. The van der Waals surface area contributed by atoms with Crippen molar-refractivity contribution in [3.05, 3.63) is 24.1 Å². The Morgan fingerprint density at radius 1 is 1.59 bits per heavy atom. The van der Waals surface area contributed by atoms with Gasteiger partial charge in [0.1, 0.15) is 6.10 Å². The summed E-state index contributed by atoms with van der Waals surface area (Å²) in [6.07, 6.45) is 3.23. The highest BCUT2D eigenvalue weighted by Gasteiger charge is 2.43. The molecule has 2 fully saturated rings. The maximum absolute atomic E-state index is 13.4. The summed E-state index contributed by atoms with van der Waals surface area (Å²) in [5, 5.41) is 3.28. The van der Waals surface area contributed by atoms with E-state index in [2.05, 4.69) is 10.3 Å². The number of nitrogens with one attached hydrogen (secondary N) is 1. The molecule has 4 nitrogen and oxygen atoms in total. The molecule has 2 aliphatic heterocycles. The van der Waals surface area contributed by atoms with E-state index in [1.807, 2.05) is 0 Å². The van der Waals surface area contributed by atoms with Crippen molar-refractivity contribution < 1.29 is 13.9 Å². The molecule has 2 saturated heterocycles. The van der Waals surface area contributed by atoms with Crippen molar-refractivity contribution in [3.63, 3.8) is 0 Å². The first-order valence-electron chi connectivity index (χ1n) is 5.89. The fourth-order valence-corrected chi connectivity index (χ4v) is 2.51. The third-order valence-corrected chi connectivity index (χ3v) is 3.38. The molecular formula is C12H15FN2O2. The van der Waals surface area contributed by atoms with Gasteiger partial charge in [0.15, 0.2) is 5.82 Å². The second-order valence-corrected chi connectivity index (χ2v) is 4.66. The van der Waals surface area contributed by atoms with Crippen LogP contribution in [-0.2, 0) is 4.74 Å². The lowest BCUT2D eigenvalue weighted by atomic mass is 9.98. The first-order valence-corrected chi connectivity index (χ1v) is 5.89. The van der Waals surface area contributed by atoms with Gasteiger partial charge >= 0.3 is 0 Å². The Labute approximate surface area is 99.1 Å². The Bertz CT molecular complexity index is 407. The van der Waals surface area contributed by atoms with Gasteiger partial charge in [-0.15, -0.1) is 0 Å². The van der Waals surface area contributed by atoms with Gasteiger partial charge in [0.2, 0.25) is 0 Å². The van der Waals surface area contributed by atoms with E-state index in [9.17, 15) is 4.39 Å². The molecule has 0 aromatic carbocycles. The third-order valence-electron chi connectivity index (χ3n) is 3.38. The Kier molecular flexibility index (Phi) is 2.72. The van der Waals surface area contributed by atoms with Crippen molar-refractivity contribution >= 4 is 0 Å². The van der Waals surface area contributed by atoms with Gasteiger partial charge < -0.3 is 14.8 Å². The van der Waals surface area contributed by atoms with E-state index in [1.54, 1.807) is 6.07 Å². The normalized spacial score (nSPS) is 32.2. The summed E-state index contributed by atoms with van der Waals surface area (Å²) in [7, 11) is 0. The molecule has 0 bridgehead atoms. The predicted octanol–water partition coefficient (Wildman–Crippen LogP) is 1.12. The van der Waals surface area contributed by atoms with Gasteiger partial charge in [0.05, 0.1) is 12.2 Å². The van der Waals surface area contributed by atoms with E-state index in [-0.39, 0.29) is 17.6 Å². The maximum atomic E-state index is 13.4. The zero-order valence-corrected chi connectivity index (χ0v) is 9.49. The van der Waals surface area contributed by atoms with Crippen LogP contribution >= 0.6 is 0 Å². The Morgan fingerprint density at radius 3 is 3.29 bits per heavy atom. The first kappa shape index (κ1) is 10.9. The van der Waals surface area contributed by atoms with E-state index in [0.717, 1.165) is 25.9 Å². The van der Waals surface area contributed by atoms with Crippen LogP contribution in [0.3, 0.4) is 0 Å². The number of nitrogens with zero attached hydrogens (tertiary/aromatic N) is 1. The Balaban J connectivity index is 1.66. The molecule has 3 rings (SSSR count). The van der Waals surface area contributed by atoms with Crippen molar-refractivity contribution in [1.29, 1.82) is 0 Å². The minimum Gasteiger partial charge on any atom is -0.470 e. The highest BCUT2D eigenvalue weighted by molar-refractivity contribution is 5.13. The quantitative estimate of drug-likeness (QED) is 0.838. The number of aromatic nitrogens is 1. The van der Waals surface area contributed by atoms with Crippen LogP contribution in [-0.4, -0.2) is 36.4 Å². The molecule has 0 unspecified atom stereocenters. The Morgan fingerprint density at radius 2 is 2.53 bits per heavy atom. The molecule has 1 aromatic rings. The smallest absolute Gasteiger partial charge is 0.250 e. The maximum Gasteiger partial charge on any atom is 0.250 e. The second kappa shape index (κ2) is 4.23. The number of rotatable bonds is 2. The summed E-state index contributed by atoms with van der Waals surface area (Å²) in [5.41, 5.74) is -0.101. The second-order valence-electron chi connectivity index (χ2n) is 4.66. The fourth-order valence-electron chi connectivity index (χ4n) is 2.51. The summed E-state index contributed by atoms with van der Waals surface area (Å²) in [6, 6.07) is 2.90. The average Bonchev–Trinajstić information content (AvgIpc) is 2.94. The molecule has 1 aromatic heterocycles. The van der Waals surface area contributed by atoms with Crippen LogP contribution in [0.25, 0.3) is 0 Å². The molecule has 0 aliphatic carbocycles. The van der Waals surface area contributed by atoms with Crippen LogP contribution in [0.4, 0.5) is 4.39 Å². The lowest BCUT2D eigenvalue weighted by Gasteiger charge is -2.20. The van der Waals surface area contributed by atoms with Gasteiger partial charge in [-0.2, -0.15) is 0 Å². The summed E-state index contributed by atoms with van der Waals surface area (Å²) >= 11 is 0. The van der Waals surface area contributed by atoms with Crippen LogP contribution in [0.5, 0.6) is 5.88 Å². The first-order chi connectivity index (χ1) is 8.27. The molecule has 5 heteroatoms. The average molecular weight is 238 g/mol. The number of pyridine rings is 1. The lowest BCUT2D eigenvalue weighted by molar-refractivity contribution is 0.0179. The topological polar surface area (TPSA) is 43.4 Å². The molecule has 17 heavy (non-hydrogen) atoms. The van der Waals surface area contributed by atoms with Crippen molar-refractivity contribution in [2.45, 2.75) is 24.5 Å². The van der Waals surface area contributed by atoms with Crippen LogP contribution in [0.2, 0.25) is 0 Å². The standard InChI is InChI=1S/C12H15FN2O2/c13-10-2-1-4-15-11(10)17-9-6-12(16-7-9)3-5-14-8-12/h1-2,4,9,14H,3,5-8H2/t9-,12-/m0/s1. The van der Waals surface area contributed by atoms with Gasteiger partial charge in [-0.25, -0.2) is 9.37 Å². The number of halogens is 1. The van der Waals surface area contributed by atoms with E-state index in [1.165, 1.54) is 12.3 Å². The van der Waals surface area contributed by atoms with Gasteiger partial charge in [0.25, 0.3) is 5.88 Å². The molecule has 2 atom stereocenters. The van der Waals surface area contributed by atoms with Crippen molar-refractivity contribution in [2.24, 2.45) is 0 Å². The zero-order chi connectivity index (χ0) is 11.7. The minimum atomic E-state index is -0.419. The molecule has 1 spiro atoms. The molecule has 92 valence electrons. The van der Waals surface area contributed by atoms with Gasteiger partial charge in [-0.05, 0) is 25.1 Å². The van der Waals surface area contributed by atoms with E-state index in [0.29, 0.717) is 6.61 Å². The number of ether oxygens (including phenoxy) is 2. The Hall–Kier alpha value is -1.20. The molecule has 1 N–H and O–H groups in total. The zero-order valence-electron chi connectivity index (χ0n) is 9.49. The highest BCUT2D eigenvalue weighted by Crippen LogP contribution is 2.33. The fraction of sp³-hybridized carbons (Fsp3) is 0.583.